The van der Waals surface area contributed by atoms with Crippen molar-refractivity contribution in [2.45, 2.75) is 0 Å². The van der Waals surface area contributed by atoms with Gasteiger partial charge in [0.25, 0.3) is 0 Å². The van der Waals surface area contributed by atoms with Crippen LogP contribution in [0.5, 0.6) is 11.5 Å². The molecule has 0 saturated carbocycles. The molecule has 0 bridgehead atoms. The van der Waals surface area contributed by atoms with Gasteiger partial charge in [-0.2, -0.15) is 0 Å². The van der Waals surface area contributed by atoms with Gasteiger partial charge in [-0.3, -0.25) is 0 Å². The molecule has 25 heavy (non-hydrogen) atoms. The molecule has 5 aromatic carbocycles. The first kappa shape index (κ1) is 13.1. The van der Waals surface area contributed by atoms with Crippen LogP contribution in [0, 0.1) is 0 Å². The highest BCUT2D eigenvalue weighted by atomic mass is 16.6. The van der Waals surface area contributed by atoms with Crippen molar-refractivity contribution in [2.24, 2.45) is 0 Å². The average molecular weight is 320 g/mol. The van der Waals surface area contributed by atoms with Crippen LogP contribution >= 0.6 is 0 Å². The second-order valence-corrected chi connectivity index (χ2v) is 6.53. The Morgan fingerprint density at radius 1 is 0.520 bits per heavy atom. The third kappa shape index (κ3) is 1.75. The summed E-state index contributed by atoms with van der Waals surface area (Å²) in [6, 6.07) is 27.4. The molecule has 0 spiro atoms. The predicted molar refractivity (Wildman–Crippen MR) is 103 cm³/mol. The SMILES string of the molecule is c1ccc2c(c1)OB(c1ccc3ccc4cccc5ccc1c3c45)O2. The average Bonchev–Trinajstić information content (AvgIpc) is 3.10. The van der Waals surface area contributed by atoms with E-state index >= 15 is 0 Å². The molecule has 1 aliphatic heterocycles. The third-order valence-electron chi connectivity index (χ3n) is 5.13. The summed E-state index contributed by atoms with van der Waals surface area (Å²) in [6.07, 6.45) is 0. The van der Waals surface area contributed by atoms with E-state index in [2.05, 4.69) is 54.6 Å². The number of rotatable bonds is 1. The van der Waals surface area contributed by atoms with Crippen molar-refractivity contribution in [3.63, 3.8) is 0 Å². The van der Waals surface area contributed by atoms with Gasteiger partial charge in [0.1, 0.15) is 11.5 Å². The molecular weight excluding hydrogens is 307 g/mol. The molecule has 0 radical (unpaired) electrons. The predicted octanol–water partition coefficient (Wildman–Crippen LogP) is 4.75. The van der Waals surface area contributed by atoms with Crippen LogP contribution in [0.25, 0.3) is 32.3 Å². The van der Waals surface area contributed by atoms with Crippen molar-refractivity contribution < 1.29 is 9.31 Å². The summed E-state index contributed by atoms with van der Waals surface area (Å²) in [5, 5.41) is 7.58. The first-order valence-corrected chi connectivity index (χ1v) is 8.47. The molecule has 0 atom stereocenters. The van der Waals surface area contributed by atoms with Crippen LogP contribution in [0.1, 0.15) is 0 Å². The third-order valence-corrected chi connectivity index (χ3v) is 5.13. The molecule has 116 valence electrons. The summed E-state index contributed by atoms with van der Waals surface area (Å²) in [5.74, 6) is 1.61. The lowest BCUT2D eigenvalue weighted by atomic mass is 9.75. The molecular formula is C22H13BO2. The van der Waals surface area contributed by atoms with E-state index in [1.165, 1.54) is 32.3 Å². The molecule has 1 aliphatic rings. The van der Waals surface area contributed by atoms with Crippen molar-refractivity contribution in [1.29, 1.82) is 0 Å². The Morgan fingerprint density at radius 2 is 1.12 bits per heavy atom. The fraction of sp³-hybridized carbons (Fsp3) is 0. The van der Waals surface area contributed by atoms with E-state index in [4.69, 9.17) is 9.31 Å². The minimum absolute atomic E-state index is 0.401. The van der Waals surface area contributed by atoms with Crippen molar-refractivity contribution in [2.75, 3.05) is 0 Å². The largest absolute Gasteiger partial charge is 0.633 e. The molecule has 0 saturated heterocycles. The van der Waals surface area contributed by atoms with E-state index in [1.54, 1.807) is 0 Å². The van der Waals surface area contributed by atoms with E-state index < -0.39 is 7.12 Å². The van der Waals surface area contributed by atoms with E-state index in [9.17, 15) is 0 Å². The fourth-order valence-corrected chi connectivity index (χ4v) is 3.99. The summed E-state index contributed by atoms with van der Waals surface area (Å²) in [4.78, 5) is 0. The molecule has 0 aromatic heterocycles. The summed E-state index contributed by atoms with van der Waals surface area (Å²) < 4.78 is 12.1. The van der Waals surface area contributed by atoms with Gasteiger partial charge in [-0.1, -0.05) is 66.7 Å². The number of fused-ring (bicyclic) bond motifs is 1. The van der Waals surface area contributed by atoms with Crippen LogP contribution in [0.4, 0.5) is 0 Å². The Kier molecular flexibility index (Phi) is 2.45. The molecule has 6 rings (SSSR count). The normalized spacial score (nSPS) is 13.4. The van der Waals surface area contributed by atoms with Gasteiger partial charge in [0, 0.05) is 5.46 Å². The minimum atomic E-state index is -0.401. The van der Waals surface area contributed by atoms with E-state index in [1.807, 2.05) is 24.3 Å². The van der Waals surface area contributed by atoms with Crippen LogP contribution in [0.2, 0.25) is 0 Å². The van der Waals surface area contributed by atoms with Crippen molar-refractivity contribution in [1.82, 2.24) is 0 Å². The quantitative estimate of drug-likeness (QED) is 0.328. The zero-order valence-electron chi connectivity index (χ0n) is 13.4. The lowest BCUT2D eigenvalue weighted by Gasteiger charge is -2.14. The molecule has 0 aliphatic carbocycles. The highest BCUT2D eigenvalue weighted by Gasteiger charge is 2.35. The van der Waals surface area contributed by atoms with Gasteiger partial charge in [-0.15, -0.1) is 0 Å². The molecule has 0 unspecified atom stereocenters. The van der Waals surface area contributed by atoms with E-state index in [0.29, 0.717) is 0 Å². The molecule has 3 heteroatoms. The van der Waals surface area contributed by atoms with E-state index in [-0.39, 0.29) is 0 Å². The second-order valence-electron chi connectivity index (χ2n) is 6.53. The monoisotopic (exact) mass is 320 g/mol. The number of hydrogen-bond donors (Lipinski definition) is 0. The van der Waals surface area contributed by atoms with Crippen LogP contribution in [-0.2, 0) is 0 Å². The fourth-order valence-electron chi connectivity index (χ4n) is 3.99. The number of para-hydroxylation sites is 2. The Balaban J connectivity index is 1.64. The van der Waals surface area contributed by atoms with Crippen molar-refractivity contribution >= 4 is 44.9 Å². The van der Waals surface area contributed by atoms with Gasteiger partial charge in [-0.05, 0) is 44.5 Å². The first-order chi connectivity index (χ1) is 12.4. The second kappa shape index (κ2) is 4.67. The summed E-state index contributed by atoms with van der Waals surface area (Å²) >= 11 is 0. The summed E-state index contributed by atoms with van der Waals surface area (Å²) in [5.41, 5.74) is 1.07. The first-order valence-electron chi connectivity index (χ1n) is 8.47. The van der Waals surface area contributed by atoms with Crippen LogP contribution < -0.4 is 14.8 Å². The van der Waals surface area contributed by atoms with Gasteiger partial charge in [0.15, 0.2) is 0 Å². The molecule has 5 aromatic rings. The Hall–Kier alpha value is -3.20. The lowest BCUT2D eigenvalue weighted by molar-refractivity contribution is 0.519. The van der Waals surface area contributed by atoms with Crippen LogP contribution in [-0.4, -0.2) is 7.12 Å². The number of benzene rings is 5. The van der Waals surface area contributed by atoms with Crippen molar-refractivity contribution in [3.8, 4) is 11.5 Å². The molecule has 0 amide bonds. The molecule has 1 heterocycles. The van der Waals surface area contributed by atoms with Gasteiger partial charge in [0.2, 0.25) is 0 Å². The van der Waals surface area contributed by atoms with Gasteiger partial charge in [0.05, 0.1) is 0 Å². The van der Waals surface area contributed by atoms with Gasteiger partial charge < -0.3 is 9.31 Å². The lowest BCUT2D eigenvalue weighted by Crippen LogP contribution is -2.39. The maximum atomic E-state index is 6.06. The Morgan fingerprint density at radius 3 is 1.84 bits per heavy atom. The van der Waals surface area contributed by atoms with Crippen molar-refractivity contribution in [3.05, 3.63) is 78.9 Å². The maximum absolute atomic E-state index is 6.06. The van der Waals surface area contributed by atoms with Gasteiger partial charge in [-0.25, -0.2) is 0 Å². The topological polar surface area (TPSA) is 18.5 Å². The van der Waals surface area contributed by atoms with E-state index in [0.717, 1.165) is 17.0 Å². The summed E-state index contributed by atoms with van der Waals surface area (Å²) in [7, 11) is -0.401. The van der Waals surface area contributed by atoms with Gasteiger partial charge >= 0.3 is 7.12 Å². The molecule has 0 fully saturated rings. The van der Waals surface area contributed by atoms with Crippen LogP contribution in [0.15, 0.2) is 78.9 Å². The Bertz CT molecular complexity index is 1220. The summed E-state index contributed by atoms with van der Waals surface area (Å²) in [6.45, 7) is 0. The highest BCUT2D eigenvalue weighted by Crippen LogP contribution is 2.36. The number of hydrogen-bond acceptors (Lipinski definition) is 2. The standard InChI is InChI=1S/C22H13BO2/c1-2-7-20-19(6-1)24-23(25-20)18-13-11-16-9-8-14-4-3-5-15-10-12-17(18)22(16)21(14)15/h1-13H. The maximum Gasteiger partial charge on any atom is 0.633 e. The molecule has 0 N–H and O–H groups in total. The zero-order valence-corrected chi connectivity index (χ0v) is 13.4. The van der Waals surface area contributed by atoms with Crippen LogP contribution in [0.3, 0.4) is 0 Å². The smallest absolute Gasteiger partial charge is 0.519 e. The Labute approximate surface area is 145 Å². The minimum Gasteiger partial charge on any atom is -0.519 e. The molecule has 2 nitrogen and oxygen atoms in total. The zero-order chi connectivity index (χ0) is 16.4. The highest BCUT2D eigenvalue weighted by molar-refractivity contribution is 6.67.